The van der Waals surface area contributed by atoms with Crippen LogP contribution in [0.5, 0.6) is 0 Å². The van der Waals surface area contributed by atoms with Crippen molar-refractivity contribution >= 4 is 17.6 Å². The lowest BCUT2D eigenvalue weighted by atomic mass is 10.1. The molecule has 17 heavy (non-hydrogen) atoms. The molecule has 2 rings (SSSR count). The van der Waals surface area contributed by atoms with Crippen molar-refractivity contribution in [2.75, 3.05) is 12.0 Å². The Morgan fingerprint density at radius 2 is 1.88 bits per heavy atom. The average Bonchev–Trinajstić information content (AvgIpc) is 2.48. The highest BCUT2D eigenvalue weighted by Crippen LogP contribution is 2.20. The first kappa shape index (κ1) is 11.4. The number of carbonyl (C=O) groups is 2. The van der Waals surface area contributed by atoms with Gasteiger partial charge in [0.15, 0.2) is 0 Å². The van der Waals surface area contributed by atoms with E-state index in [9.17, 15) is 9.59 Å². The van der Waals surface area contributed by atoms with Crippen molar-refractivity contribution in [3.05, 3.63) is 30.3 Å². The second-order valence-electron chi connectivity index (χ2n) is 4.45. The molecule has 1 saturated heterocycles. The van der Waals surface area contributed by atoms with Crippen LogP contribution in [0.4, 0.5) is 10.5 Å². The minimum atomic E-state index is -0.807. The molecule has 0 aromatic heterocycles. The molecule has 1 heterocycles. The van der Waals surface area contributed by atoms with Crippen LogP contribution in [0, 0.1) is 0 Å². The van der Waals surface area contributed by atoms with E-state index in [1.165, 1.54) is 4.90 Å². The summed E-state index contributed by atoms with van der Waals surface area (Å²) >= 11 is 0. The van der Waals surface area contributed by atoms with Gasteiger partial charge in [-0.2, -0.15) is 0 Å². The number of carbonyl (C=O) groups excluding carboxylic acids is 2. The summed E-state index contributed by atoms with van der Waals surface area (Å²) in [6.07, 6.45) is 0. The normalized spacial score (nSPS) is 18.1. The molecule has 1 aliphatic heterocycles. The largest absolute Gasteiger partial charge is 0.368 e. The van der Waals surface area contributed by atoms with Gasteiger partial charge in [0.1, 0.15) is 5.54 Å². The third-order valence-electron chi connectivity index (χ3n) is 2.91. The van der Waals surface area contributed by atoms with Crippen molar-refractivity contribution in [3.63, 3.8) is 0 Å². The van der Waals surface area contributed by atoms with Crippen molar-refractivity contribution in [3.8, 4) is 0 Å². The molecule has 1 aromatic rings. The second kappa shape index (κ2) is 4.08. The minimum absolute atomic E-state index is 0.266. The topological polar surface area (TPSA) is 61.4 Å². The zero-order chi connectivity index (χ0) is 12.5. The second-order valence-corrected chi connectivity index (χ2v) is 4.45. The van der Waals surface area contributed by atoms with Crippen LogP contribution in [0.2, 0.25) is 0 Å². The maximum absolute atomic E-state index is 11.6. The molecule has 3 amide bonds. The maximum atomic E-state index is 11.6. The Morgan fingerprint density at radius 1 is 1.24 bits per heavy atom. The lowest BCUT2D eigenvalue weighted by Crippen LogP contribution is -2.46. The van der Waals surface area contributed by atoms with E-state index in [2.05, 4.69) is 10.6 Å². The number of para-hydroxylation sites is 1. The minimum Gasteiger partial charge on any atom is -0.368 e. The SMILES string of the molecule is CC1(C)C(=O)NC(=O)N1CNc1ccccc1. The van der Waals surface area contributed by atoms with E-state index < -0.39 is 5.54 Å². The molecule has 1 aliphatic rings. The lowest BCUT2D eigenvalue weighted by Gasteiger charge is -2.28. The number of rotatable bonds is 3. The Labute approximate surface area is 99.8 Å². The third kappa shape index (κ3) is 2.08. The van der Waals surface area contributed by atoms with E-state index in [4.69, 9.17) is 0 Å². The predicted molar refractivity (Wildman–Crippen MR) is 64.4 cm³/mol. The van der Waals surface area contributed by atoms with Crippen LogP contribution in [0.3, 0.4) is 0 Å². The highest BCUT2D eigenvalue weighted by Gasteiger charge is 2.45. The van der Waals surface area contributed by atoms with Gasteiger partial charge in [0.05, 0.1) is 6.67 Å². The van der Waals surface area contributed by atoms with Crippen LogP contribution in [0.1, 0.15) is 13.8 Å². The van der Waals surface area contributed by atoms with Crippen molar-refractivity contribution in [2.24, 2.45) is 0 Å². The van der Waals surface area contributed by atoms with E-state index in [1.54, 1.807) is 13.8 Å². The third-order valence-corrected chi connectivity index (χ3v) is 2.91. The van der Waals surface area contributed by atoms with E-state index >= 15 is 0 Å². The summed E-state index contributed by atoms with van der Waals surface area (Å²) in [6.45, 7) is 3.74. The summed E-state index contributed by atoms with van der Waals surface area (Å²) in [5.41, 5.74) is 0.106. The molecule has 2 N–H and O–H groups in total. The molecule has 5 heteroatoms. The maximum Gasteiger partial charge on any atom is 0.326 e. The number of imide groups is 1. The van der Waals surface area contributed by atoms with Crippen LogP contribution >= 0.6 is 0 Å². The number of hydrogen-bond acceptors (Lipinski definition) is 3. The molecule has 0 bridgehead atoms. The van der Waals surface area contributed by atoms with Gasteiger partial charge in [0, 0.05) is 5.69 Å². The van der Waals surface area contributed by atoms with Gasteiger partial charge in [0.25, 0.3) is 5.91 Å². The van der Waals surface area contributed by atoms with Gasteiger partial charge in [-0.1, -0.05) is 18.2 Å². The van der Waals surface area contributed by atoms with Gasteiger partial charge in [-0.15, -0.1) is 0 Å². The molecule has 0 atom stereocenters. The summed E-state index contributed by atoms with van der Waals surface area (Å²) in [7, 11) is 0. The number of benzene rings is 1. The Morgan fingerprint density at radius 3 is 2.41 bits per heavy atom. The summed E-state index contributed by atoms with van der Waals surface area (Å²) in [5, 5.41) is 5.41. The van der Waals surface area contributed by atoms with Crippen molar-refractivity contribution in [1.82, 2.24) is 10.2 Å². The quantitative estimate of drug-likeness (QED) is 0.775. The fraction of sp³-hybridized carbons (Fsp3) is 0.333. The molecule has 1 aromatic carbocycles. The molecule has 5 nitrogen and oxygen atoms in total. The molecule has 0 spiro atoms. The number of anilines is 1. The van der Waals surface area contributed by atoms with Gasteiger partial charge in [-0.05, 0) is 26.0 Å². The molecule has 1 fully saturated rings. The number of urea groups is 1. The highest BCUT2D eigenvalue weighted by molar-refractivity contribution is 6.06. The van der Waals surface area contributed by atoms with E-state index in [0.29, 0.717) is 6.67 Å². The summed E-state index contributed by atoms with van der Waals surface area (Å²) < 4.78 is 0. The molecule has 0 saturated carbocycles. The zero-order valence-electron chi connectivity index (χ0n) is 9.86. The monoisotopic (exact) mass is 233 g/mol. The summed E-state index contributed by atoms with van der Waals surface area (Å²) in [6, 6.07) is 9.18. The van der Waals surface area contributed by atoms with Crippen molar-refractivity contribution < 1.29 is 9.59 Å². The van der Waals surface area contributed by atoms with Crippen LogP contribution in [0.25, 0.3) is 0 Å². The Hall–Kier alpha value is -2.04. The lowest BCUT2D eigenvalue weighted by molar-refractivity contribution is -0.125. The fourth-order valence-electron chi connectivity index (χ4n) is 1.69. The van der Waals surface area contributed by atoms with E-state index in [1.807, 2.05) is 30.3 Å². The van der Waals surface area contributed by atoms with Gasteiger partial charge in [-0.25, -0.2) is 4.79 Å². The number of hydrogen-bond donors (Lipinski definition) is 2. The van der Waals surface area contributed by atoms with Crippen LogP contribution < -0.4 is 10.6 Å². The average molecular weight is 233 g/mol. The summed E-state index contributed by atoms with van der Waals surface area (Å²) in [4.78, 5) is 24.6. The molecule has 0 radical (unpaired) electrons. The standard InChI is InChI=1S/C12H15N3O2/c1-12(2)10(16)14-11(17)15(12)8-13-9-6-4-3-5-7-9/h3-7,13H,8H2,1-2H3,(H,14,16,17). The first-order valence-corrected chi connectivity index (χ1v) is 5.44. The molecular weight excluding hydrogens is 218 g/mol. The van der Waals surface area contributed by atoms with Gasteiger partial charge in [0.2, 0.25) is 0 Å². The van der Waals surface area contributed by atoms with Crippen LogP contribution in [-0.2, 0) is 4.79 Å². The first-order valence-electron chi connectivity index (χ1n) is 5.44. The number of amides is 3. The van der Waals surface area contributed by atoms with Gasteiger partial charge < -0.3 is 5.32 Å². The zero-order valence-corrected chi connectivity index (χ0v) is 9.86. The Kier molecular flexibility index (Phi) is 2.75. The van der Waals surface area contributed by atoms with Crippen LogP contribution in [0.15, 0.2) is 30.3 Å². The molecule has 0 unspecified atom stereocenters. The van der Waals surface area contributed by atoms with Crippen molar-refractivity contribution in [2.45, 2.75) is 19.4 Å². The van der Waals surface area contributed by atoms with Gasteiger partial charge in [-0.3, -0.25) is 15.0 Å². The Balaban J connectivity index is 2.04. The fourth-order valence-corrected chi connectivity index (χ4v) is 1.69. The van der Waals surface area contributed by atoms with Crippen molar-refractivity contribution in [1.29, 1.82) is 0 Å². The molecule has 0 aliphatic carbocycles. The van der Waals surface area contributed by atoms with E-state index in [-0.39, 0.29) is 11.9 Å². The molecular formula is C12H15N3O2. The Bertz CT molecular complexity index is 442. The summed E-state index contributed by atoms with van der Waals surface area (Å²) in [5.74, 6) is -0.266. The van der Waals surface area contributed by atoms with Gasteiger partial charge >= 0.3 is 6.03 Å². The van der Waals surface area contributed by atoms with Crippen LogP contribution in [-0.4, -0.2) is 29.0 Å². The smallest absolute Gasteiger partial charge is 0.326 e. The number of nitrogens with zero attached hydrogens (tertiary/aromatic N) is 1. The predicted octanol–water partition coefficient (Wildman–Crippen LogP) is 1.39. The molecule has 90 valence electrons. The first-order chi connectivity index (χ1) is 8.01. The van der Waals surface area contributed by atoms with E-state index in [0.717, 1.165) is 5.69 Å². The number of nitrogens with one attached hydrogen (secondary N) is 2. The highest BCUT2D eigenvalue weighted by atomic mass is 16.2.